The van der Waals surface area contributed by atoms with Crippen molar-refractivity contribution in [2.24, 2.45) is 0 Å². The molecular weight excluding hydrogens is 358 g/mol. The molecule has 0 unspecified atom stereocenters. The highest BCUT2D eigenvalue weighted by molar-refractivity contribution is 5.77. The Balaban J connectivity index is 1.48. The number of aliphatic carboxylic acids is 1. The summed E-state index contributed by atoms with van der Waals surface area (Å²) < 4.78 is 7.50. The van der Waals surface area contributed by atoms with Gasteiger partial charge in [0.1, 0.15) is 0 Å². The van der Waals surface area contributed by atoms with Gasteiger partial charge in [0.15, 0.2) is 18.0 Å². The Labute approximate surface area is 166 Å². The Morgan fingerprint density at radius 2 is 1.79 bits per heavy atom. The van der Waals surface area contributed by atoms with Crippen molar-refractivity contribution in [1.29, 1.82) is 0 Å². The first-order chi connectivity index (χ1) is 13.6. The van der Waals surface area contributed by atoms with Gasteiger partial charge in [-0.1, -0.05) is 38.5 Å². The zero-order valence-electron chi connectivity index (χ0n) is 16.7. The fourth-order valence-corrected chi connectivity index (χ4v) is 3.11. The number of aromatic nitrogens is 2. The summed E-state index contributed by atoms with van der Waals surface area (Å²) in [5.41, 5.74) is 1.62. The van der Waals surface area contributed by atoms with Gasteiger partial charge < -0.3 is 19.6 Å². The summed E-state index contributed by atoms with van der Waals surface area (Å²) in [6.45, 7) is 2.57. The number of carboxylic acids is 1. The summed E-state index contributed by atoms with van der Waals surface area (Å²) in [6.07, 6.45) is 12.5. The van der Waals surface area contributed by atoms with Crippen molar-refractivity contribution in [2.45, 2.75) is 64.7 Å². The van der Waals surface area contributed by atoms with Gasteiger partial charge in [0.05, 0.1) is 5.69 Å². The van der Waals surface area contributed by atoms with Crippen molar-refractivity contribution in [3.8, 4) is 5.75 Å². The third-order valence-corrected chi connectivity index (χ3v) is 4.57. The van der Waals surface area contributed by atoms with Crippen LogP contribution < -0.4 is 10.1 Å². The van der Waals surface area contributed by atoms with Crippen molar-refractivity contribution >= 4 is 17.5 Å². The van der Waals surface area contributed by atoms with E-state index in [1.54, 1.807) is 0 Å². The number of nitrogens with one attached hydrogen (secondary N) is 1. The van der Waals surface area contributed by atoms with Crippen molar-refractivity contribution in [2.75, 3.05) is 13.2 Å². The van der Waals surface area contributed by atoms with E-state index in [4.69, 9.17) is 9.84 Å². The third kappa shape index (κ3) is 7.98. The van der Waals surface area contributed by atoms with Crippen molar-refractivity contribution in [1.82, 2.24) is 14.7 Å². The van der Waals surface area contributed by atoms with Crippen LogP contribution in [0, 0.1) is 6.92 Å². The van der Waals surface area contributed by atoms with E-state index in [0.29, 0.717) is 12.3 Å². The molecule has 7 heteroatoms. The maximum absolute atomic E-state index is 11.9. The number of nitrogens with zero attached hydrogens (tertiary/aromatic N) is 2. The van der Waals surface area contributed by atoms with Gasteiger partial charge in [-0.25, -0.2) is 4.98 Å². The lowest BCUT2D eigenvalue weighted by Gasteiger charge is -2.08. The minimum atomic E-state index is -0.707. The van der Waals surface area contributed by atoms with Crippen molar-refractivity contribution in [3.63, 3.8) is 0 Å². The lowest BCUT2D eigenvalue weighted by molar-refractivity contribution is -0.137. The average Bonchev–Trinajstić information content (AvgIpc) is 3.04. The largest absolute Gasteiger partial charge is 0.481 e. The zero-order valence-corrected chi connectivity index (χ0v) is 16.7. The smallest absolute Gasteiger partial charge is 0.303 e. The van der Waals surface area contributed by atoms with Crippen LogP contribution in [-0.2, 0) is 9.59 Å². The topological polar surface area (TPSA) is 92.9 Å². The van der Waals surface area contributed by atoms with E-state index >= 15 is 0 Å². The zero-order chi connectivity index (χ0) is 20.2. The number of amides is 1. The number of aryl methyl sites for hydroxylation is 1. The first kappa shape index (κ1) is 21.7. The van der Waals surface area contributed by atoms with E-state index in [2.05, 4.69) is 10.3 Å². The number of carbonyl (C=O) groups excluding carboxylic acids is 1. The quantitative estimate of drug-likeness (QED) is 0.480. The molecule has 0 aliphatic heterocycles. The van der Waals surface area contributed by atoms with Crippen LogP contribution in [0.25, 0.3) is 5.65 Å². The molecule has 0 saturated heterocycles. The molecule has 0 bridgehead atoms. The molecular formula is C21H31N3O4. The summed E-state index contributed by atoms with van der Waals surface area (Å²) in [7, 11) is 0. The highest BCUT2D eigenvalue weighted by atomic mass is 16.5. The van der Waals surface area contributed by atoms with Crippen LogP contribution in [0.15, 0.2) is 24.5 Å². The summed E-state index contributed by atoms with van der Waals surface area (Å²) in [5.74, 6) is -0.223. The molecule has 0 aliphatic carbocycles. The van der Waals surface area contributed by atoms with Crippen LogP contribution in [0.4, 0.5) is 0 Å². The van der Waals surface area contributed by atoms with Gasteiger partial charge in [0.2, 0.25) is 0 Å². The molecule has 0 saturated carbocycles. The molecule has 28 heavy (non-hydrogen) atoms. The number of carboxylic acid groups (broad SMARTS) is 1. The number of rotatable bonds is 14. The molecule has 0 radical (unpaired) electrons. The predicted molar refractivity (Wildman–Crippen MR) is 108 cm³/mol. The second kappa shape index (κ2) is 12.0. The molecule has 2 aromatic rings. The molecule has 154 valence electrons. The van der Waals surface area contributed by atoms with E-state index in [1.807, 2.05) is 35.9 Å². The maximum Gasteiger partial charge on any atom is 0.303 e. The molecule has 2 rings (SSSR count). The Bertz CT molecular complexity index is 757. The van der Waals surface area contributed by atoms with Gasteiger partial charge in [-0.2, -0.15) is 0 Å². The Kier molecular flexibility index (Phi) is 9.31. The minimum absolute atomic E-state index is 0.0120. The summed E-state index contributed by atoms with van der Waals surface area (Å²) in [4.78, 5) is 26.7. The van der Waals surface area contributed by atoms with Gasteiger partial charge in [-0.15, -0.1) is 0 Å². The van der Waals surface area contributed by atoms with Crippen LogP contribution in [0.2, 0.25) is 0 Å². The molecule has 0 fully saturated rings. The Morgan fingerprint density at radius 1 is 1.11 bits per heavy atom. The first-order valence-electron chi connectivity index (χ1n) is 10.1. The van der Waals surface area contributed by atoms with E-state index in [9.17, 15) is 9.59 Å². The number of hydrogen-bond donors (Lipinski definition) is 2. The Morgan fingerprint density at radius 3 is 2.50 bits per heavy atom. The summed E-state index contributed by atoms with van der Waals surface area (Å²) >= 11 is 0. The van der Waals surface area contributed by atoms with E-state index in [0.717, 1.165) is 62.7 Å². The number of fused-ring (bicyclic) bond motifs is 1. The summed E-state index contributed by atoms with van der Waals surface area (Å²) in [6, 6.07) is 3.68. The summed E-state index contributed by atoms with van der Waals surface area (Å²) in [5, 5.41) is 11.5. The molecule has 2 heterocycles. The monoisotopic (exact) mass is 389 g/mol. The fraction of sp³-hybridized carbons (Fsp3) is 0.571. The van der Waals surface area contributed by atoms with Crippen LogP contribution in [0.3, 0.4) is 0 Å². The van der Waals surface area contributed by atoms with E-state index in [1.165, 1.54) is 0 Å². The predicted octanol–water partition coefficient (Wildman–Crippen LogP) is 3.73. The number of hydrogen-bond acceptors (Lipinski definition) is 4. The number of imidazole rings is 1. The van der Waals surface area contributed by atoms with Crippen LogP contribution in [-0.4, -0.2) is 39.5 Å². The van der Waals surface area contributed by atoms with Gasteiger partial charge in [-0.3, -0.25) is 9.59 Å². The van der Waals surface area contributed by atoms with Gasteiger partial charge in [0.25, 0.3) is 5.91 Å². The maximum atomic E-state index is 11.9. The van der Waals surface area contributed by atoms with Gasteiger partial charge in [0, 0.05) is 25.4 Å². The van der Waals surface area contributed by atoms with E-state index < -0.39 is 5.97 Å². The second-order valence-electron chi connectivity index (χ2n) is 7.10. The standard InChI is InChI=1S/C21H31N3O4/c1-17-15-24-14-10-11-18(21(24)23-17)28-16-19(25)22-13-9-7-5-3-2-4-6-8-12-20(26)27/h10-11,14-15H,2-9,12-13,16H2,1H3,(H,22,25)(H,26,27). The SMILES string of the molecule is Cc1cn2cccc(OCC(=O)NCCCCCCCCCCC(=O)O)c2n1. The molecule has 2 aromatic heterocycles. The van der Waals surface area contributed by atoms with Crippen LogP contribution in [0.5, 0.6) is 5.75 Å². The fourth-order valence-electron chi connectivity index (χ4n) is 3.11. The molecule has 2 N–H and O–H groups in total. The van der Waals surface area contributed by atoms with Crippen LogP contribution in [0.1, 0.15) is 63.5 Å². The third-order valence-electron chi connectivity index (χ3n) is 4.57. The molecule has 0 aromatic carbocycles. The van der Waals surface area contributed by atoms with E-state index in [-0.39, 0.29) is 18.9 Å². The minimum Gasteiger partial charge on any atom is -0.481 e. The molecule has 0 atom stereocenters. The number of unbranched alkanes of at least 4 members (excludes halogenated alkanes) is 7. The number of carbonyl (C=O) groups is 2. The Hall–Kier alpha value is -2.57. The molecule has 0 spiro atoms. The normalized spacial score (nSPS) is 10.9. The van der Waals surface area contributed by atoms with Crippen molar-refractivity contribution < 1.29 is 19.4 Å². The van der Waals surface area contributed by atoms with Gasteiger partial charge in [-0.05, 0) is 31.9 Å². The average molecular weight is 389 g/mol. The second-order valence-corrected chi connectivity index (χ2v) is 7.10. The lowest BCUT2D eigenvalue weighted by Crippen LogP contribution is -2.29. The highest BCUT2D eigenvalue weighted by Crippen LogP contribution is 2.18. The number of ether oxygens (including phenoxy) is 1. The number of pyridine rings is 1. The van der Waals surface area contributed by atoms with Crippen LogP contribution >= 0.6 is 0 Å². The van der Waals surface area contributed by atoms with Gasteiger partial charge >= 0.3 is 5.97 Å². The van der Waals surface area contributed by atoms with Crippen molar-refractivity contribution in [3.05, 3.63) is 30.2 Å². The molecule has 0 aliphatic rings. The first-order valence-corrected chi connectivity index (χ1v) is 10.1. The molecule has 1 amide bonds. The molecule has 7 nitrogen and oxygen atoms in total. The highest BCUT2D eigenvalue weighted by Gasteiger charge is 2.08. The lowest BCUT2D eigenvalue weighted by atomic mass is 10.1.